The maximum absolute atomic E-state index is 12.9. The number of carbonyl (C=O) groups is 1. The Morgan fingerprint density at radius 2 is 2.00 bits per heavy atom. The minimum Gasteiger partial charge on any atom is -0.393 e. The summed E-state index contributed by atoms with van der Waals surface area (Å²) in [4.78, 5) is 16.6. The van der Waals surface area contributed by atoms with E-state index in [1.165, 1.54) is 12.1 Å². The van der Waals surface area contributed by atoms with Crippen molar-refractivity contribution in [3.05, 3.63) is 65.7 Å². The standard InChI is InChI=1S/C18H19FN2O2/c19-14-6-4-12(5-7-14)9-17(23)21-18(13-10-15(22)11-13)16-3-1-2-8-20-16/h1-8,13,15,18,22H,9-11H2,(H,21,23)/t13?,15?,18-/m1/s1. The summed E-state index contributed by atoms with van der Waals surface area (Å²) in [5.41, 5.74) is 1.56. The zero-order valence-corrected chi connectivity index (χ0v) is 12.7. The van der Waals surface area contributed by atoms with E-state index in [1.54, 1.807) is 18.3 Å². The largest absolute Gasteiger partial charge is 0.393 e. The highest BCUT2D eigenvalue weighted by Gasteiger charge is 2.36. The number of halogens is 1. The Labute approximate surface area is 134 Å². The van der Waals surface area contributed by atoms with E-state index in [1.807, 2.05) is 18.2 Å². The summed E-state index contributed by atoms with van der Waals surface area (Å²) in [7, 11) is 0. The Morgan fingerprint density at radius 3 is 2.61 bits per heavy atom. The fourth-order valence-corrected chi connectivity index (χ4v) is 2.91. The summed E-state index contributed by atoms with van der Waals surface area (Å²) in [5, 5.41) is 12.6. The van der Waals surface area contributed by atoms with Crippen molar-refractivity contribution in [2.24, 2.45) is 5.92 Å². The van der Waals surface area contributed by atoms with Crippen molar-refractivity contribution in [1.82, 2.24) is 10.3 Å². The van der Waals surface area contributed by atoms with Crippen LogP contribution in [-0.4, -0.2) is 22.1 Å². The van der Waals surface area contributed by atoms with Gasteiger partial charge in [0, 0.05) is 6.20 Å². The molecule has 2 aromatic rings. The summed E-state index contributed by atoms with van der Waals surface area (Å²) in [6.07, 6.45) is 2.93. The molecule has 1 aromatic carbocycles. The van der Waals surface area contributed by atoms with Crippen molar-refractivity contribution in [3.63, 3.8) is 0 Å². The highest BCUT2D eigenvalue weighted by Crippen LogP contribution is 2.37. The van der Waals surface area contributed by atoms with Crippen molar-refractivity contribution < 1.29 is 14.3 Å². The van der Waals surface area contributed by atoms with Crippen LogP contribution in [0.1, 0.15) is 30.1 Å². The lowest BCUT2D eigenvalue weighted by molar-refractivity contribution is -0.122. The summed E-state index contributed by atoms with van der Waals surface area (Å²) in [5.74, 6) is -0.255. The second-order valence-corrected chi connectivity index (χ2v) is 5.99. The first-order valence-corrected chi connectivity index (χ1v) is 7.74. The van der Waals surface area contributed by atoms with Crippen molar-refractivity contribution >= 4 is 5.91 Å². The second-order valence-electron chi connectivity index (χ2n) is 5.99. The van der Waals surface area contributed by atoms with E-state index in [0.29, 0.717) is 12.8 Å². The third kappa shape index (κ3) is 3.93. The maximum atomic E-state index is 12.9. The van der Waals surface area contributed by atoms with Gasteiger partial charge in [0.15, 0.2) is 0 Å². The number of rotatable bonds is 5. The van der Waals surface area contributed by atoms with Crippen LogP contribution in [0.2, 0.25) is 0 Å². The first kappa shape index (κ1) is 15.6. The van der Waals surface area contributed by atoms with Gasteiger partial charge in [-0.3, -0.25) is 9.78 Å². The Bertz CT molecular complexity index is 654. The van der Waals surface area contributed by atoms with E-state index in [0.717, 1.165) is 11.3 Å². The van der Waals surface area contributed by atoms with E-state index in [9.17, 15) is 14.3 Å². The van der Waals surface area contributed by atoms with Crippen molar-refractivity contribution in [2.45, 2.75) is 31.4 Å². The third-order valence-electron chi connectivity index (χ3n) is 4.22. The minimum absolute atomic E-state index is 0.131. The fraction of sp³-hybridized carbons (Fsp3) is 0.333. The summed E-state index contributed by atoms with van der Waals surface area (Å²) in [6, 6.07) is 11.3. The molecule has 2 N–H and O–H groups in total. The van der Waals surface area contributed by atoms with Gasteiger partial charge in [-0.15, -0.1) is 0 Å². The minimum atomic E-state index is -0.316. The van der Waals surface area contributed by atoms with Crippen LogP contribution in [0.15, 0.2) is 48.7 Å². The maximum Gasteiger partial charge on any atom is 0.224 e. The number of carbonyl (C=O) groups excluding carboxylic acids is 1. The quantitative estimate of drug-likeness (QED) is 0.891. The molecule has 1 aromatic heterocycles. The average Bonchev–Trinajstić information content (AvgIpc) is 2.53. The molecule has 1 atom stereocenters. The highest BCUT2D eigenvalue weighted by atomic mass is 19.1. The Hall–Kier alpha value is -2.27. The molecule has 1 amide bonds. The Kier molecular flexibility index (Phi) is 4.67. The van der Waals surface area contributed by atoms with E-state index in [-0.39, 0.29) is 36.2 Å². The third-order valence-corrected chi connectivity index (χ3v) is 4.22. The van der Waals surface area contributed by atoms with Crippen molar-refractivity contribution in [3.8, 4) is 0 Å². The molecule has 0 radical (unpaired) electrons. The van der Waals surface area contributed by atoms with Crippen LogP contribution in [0.4, 0.5) is 4.39 Å². The lowest BCUT2D eigenvalue weighted by atomic mass is 9.76. The Morgan fingerprint density at radius 1 is 1.26 bits per heavy atom. The molecule has 23 heavy (non-hydrogen) atoms. The first-order valence-electron chi connectivity index (χ1n) is 7.74. The van der Waals surface area contributed by atoms with Gasteiger partial charge in [-0.2, -0.15) is 0 Å². The normalized spacial score (nSPS) is 21.3. The molecule has 120 valence electrons. The molecule has 0 saturated heterocycles. The molecule has 0 aliphatic heterocycles. The summed E-state index contributed by atoms with van der Waals surface area (Å²) < 4.78 is 12.9. The van der Waals surface area contributed by atoms with Gasteiger partial charge in [0.05, 0.1) is 24.3 Å². The van der Waals surface area contributed by atoms with Gasteiger partial charge in [0.1, 0.15) is 5.82 Å². The lowest BCUT2D eigenvalue weighted by Gasteiger charge is -2.37. The fourth-order valence-electron chi connectivity index (χ4n) is 2.91. The lowest BCUT2D eigenvalue weighted by Crippen LogP contribution is -2.42. The average molecular weight is 314 g/mol. The van der Waals surface area contributed by atoms with Crippen molar-refractivity contribution in [1.29, 1.82) is 0 Å². The predicted molar refractivity (Wildman–Crippen MR) is 84.0 cm³/mol. The topological polar surface area (TPSA) is 62.2 Å². The van der Waals surface area contributed by atoms with Gasteiger partial charge in [0.2, 0.25) is 5.91 Å². The zero-order chi connectivity index (χ0) is 16.2. The number of aliphatic hydroxyl groups is 1. The summed E-state index contributed by atoms with van der Waals surface area (Å²) in [6.45, 7) is 0. The molecule has 1 aliphatic rings. The Balaban J connectivity index is 1.68. The first-order chi connectivity index (χ1) is 11.1. The van der Waals surface area contributed by atoms with Crippen LogP contribution in [0.5, 0.6) is 0 Å². The van der Waals surface area contributed by atoms with Crippen LogP contribution in [0.3, 0.4) is 0 Å². The predicted octanol–water partition coefficient (Wildman–Crippen LogP) is 2.39. The van der Waals surface area contributed by atoms with Gasteiger partial charge in [-0.25, -0.2) is 4.39 Å². The molecular weight excluding hydrogens is 295 g/mol. The summed E-state index contributed by atoms with van der Waals surface area (Å²) >= 11 is 0. The molecule has 3 rings (SSSR count). The number of aromatic nitrogens is 1. The number of amides is 1. The molecule has 4 nitrogen and oxygen atoms in total. The zero-order valence-electron chi connectivity index (χ0n) is 12.7. The van der Waals surface area contributed by atoms with Crippen LogP contribution in [0, 0.1) is 11.7 Å². The van der Waals surface area contributed by atoms with Gasteiger partial charge < -0.3 is 10.4 Å². The molecule has 5 heteroatoms. The molecule has 1 saturated carbocycles. The van der Waals surface area contributed by atoms with Crippen LogP contribution in [-0.2, 0) is 11.2 Å². The molecule has 0 unspecified atom stereocenters. The number of nitrogens with one attached hydrogen (secondary N) is 1. The number of hydrogen-bond donors (Lipinski definition) is 2. The van der Waals surface area contributed by atoms with Crippen LogP contribution in [0.25, 0.3) is 0 Å². The monoisotopic (exact) mass is 314 g/mol. The van der Waals surface area contributed by atoms with E-state index >= 15 is 0 Å². The van der Waals surface area contributed by atoms with E-state index in [2.05, 4.69) is 10.3 Å². The number of hydrogen-bond acceptors (Lipinski definition) is 3. The number of nitrogens with zero attached hydrogens (tertiary/aromatic N) is 1. The van der Waals surface area contributed by atoms with Gasteiger partial charge in [0.25, 0.3) is 0 Å². The second kappa shape index (κ2) is 6.87. The highest BCUT2D eigenvalue weighted by molar-refractivity contribution is 5.79. The molecular formula is C18H19FN2O2. The number of aliphatic hydroxyl groups excluding tert-OH is 1. The molecule has 0 spiro atoms. The molecule has 1 aliphatic carbocycles. The SMILES string of the molecule is O=C(Cc1ccc(F)cc1)N[C@@H](c1ccccn1)C1CC(O)C1. The van der Waals surface area contributed by atoms with E-state index < -0.39 is 0 Å². The number of pyridine rings is 1. The number of benzene rings is 1. The van der Waals surface area contributed by atoms with E-state index in [4.69, 9.17) is 0 Å². The van der Waals surface area contributed by atoms with Crippen LogP contribution >= 0.6 is 0 Å². The van der Waals surface area contributed by atoms with Crippen molar-refractivity contribution in [2.75, 3.05) is 0 Å². The van der Waals surface area contributed by atoms with Crippen LogP contribution < -0.4 is 5.32 Å². The smallest absolute Gasteiger partial charge is 0.224 e. The molecule has 0 bridgehead atoms. The van der Waals surface area contributed by atoms with Gasteiger partial charge in [-0.05, 0) is 48.6 Å². The molecule has 1 heterocycles. The molecule has 1 fully saturated rings. The van der Waals surface area contributed by atoms with Gasteiger partial charge >= 0.3 is 0 Å². The van der Waals surface area contributed by atoms with Gasteiger partial charge in [-0.1, -0.05) is 18.2 Å².